The lowest BCUT2D eigenvalue weighted by molar-refractivity contribution is -0.118. The van der Waals surface area contributed by atoms with E-state index in [1.54, 1.807) is 18.2 Å². The van der Waals surface area contributed by atoms with Gasteiger partial charge in [-0.1, -0.05) is 90.5 Å². The fourth-order valence-corrected chi connectivity index (χ4v) is 9.83. The molecule has 3 fully saturated rings. The average Bonchev–Trinajstić information content (AvgIpc) is 3.58. The van der Waals surface area contributed by atoms with Crippen LogP contribution in [0, 0.1) is 30.1 Å². The van der Waals surface area contributed by atoms with Crippen molar-refractivity contribution in [2.24, 2.45) is 23.2 Å². The van der Waals surface area contributed by atoms with Crippen LogP contribution in [0.1, 0.15) is 139 Å². The summed E-state index contributed by atoms with van der Waals surface area (Å²) in [5, 5.41) is 18.2. The highest BCUT2D eigenvalue weighted by Crippen LogP contribution is 2.46. The molecule has 0 aromatic heterocycles. The number of carbonyl (C=O) groups is 2. The van der Waals surface area contributed by atoms with Gasteiger partial charge in [-0.15, -0.1) is 0 Å². The highest BCUT2D eigenvalue weighted by atomic mass is 16.5. The molecule has 8 heteroatoms. The maximum Gasteiger partial charge on any atom is 0.262 e. The van der Waals surface area contributed by atoms with Gasteiger partial charge in [0.25, 0.3) is 11.8 Å². The zero-order valence-corrected chi connectivity index (χ0v) is 31.7. The Balaban J connectivity index is 1.25. The quantitative estimate of drug-likeness (QED) is 0.105. The number of ether oxygens (including phenoxy) is 1. The lowest BCUT2D eigenvalue weighted by Gasteiger charge is -2.51. The number of aryl methyl sites for hydroxylation is 1. The maximum absolute atomic E-state index is 13.7. The van der Waals surface area contributed by atoms with E-state index in [-0.39, 0.29) is 30.0 Å². The molecule has 2 aromatic rings. The molecule has 2 heterocycles. The first-order valence-electron chi connectivity index (χ1n) is 20.6. The van der Waals surface area contributed by atoms with Crippen LogP contribution in [0.2, 0.25) is 0 Å². The number of hydrogen-bond donors (Lipinski definition) is 5. The van der Waals surface area contributed by atoms with Gasteiger partial charge in [-0.05, 0) is 99.6 Å². The summed E-state index contributed by atoms with van der Waals surface area (Å²) in [6.45, 7) is 9.20. The van der Waals surface area contributed by atoms with Gasteiger partial charge in [-0.2, -0.15) is 0 Å². The van der Waals surface area contributed by atoms with Gasteiger partial charge in [-0.25, -0.2) is 0 Å². The Kier molecular flexibility index (Phi) is 13.4. The van der Waals surface area contributed by atoms with Crippen LogP contribution in [0.15, 0.2) is 36.4 Å². The number of hydrogen-bond acceptors (Lipinski definition) is 6. The summed E-state index contributed by atoms with van der Waals surface area (Å²) >= 11 is 0. The van der Waals surface area contributed by atoms with Gasteiger partial charge < -0.3 is 26.0 Å². The standard InChI is InChI=1S/C43H65N5O3/c1-4-14-39(43(23-13-24-44-29-43)34-17-11-7-8-12-18-34)48-41(31(3)25-32-15-9-5-6-10-16-32)47-37-26-33(20-19-30(37)2)42(50)45-35-21-22-36-38(27-35)51-28-40(49)46-36/h19-22,26-27,31-32,34,39,41,44,47-48H,4-18,23-25,28-29H2,1-3H3,(H,45,50)(H,46,49). The van der Waals surface area contributed by atoms with E-state index in [2.05, 4.69) is 53.4 Å². The summed E-state index contributed by atoms with van der Waals surface area (Å²) in [7, 11) is 0. The average molecular weight is 700 g/mol. The summed E-state index contributed by atoms with van der Waals surface area (Å²) in [5.41, 5.74) is 4.29. The van der Waals surface area contributed by atoms with Crippen LogP contribution in [-0.2, 0) is 4.79 Å². The van der Waals surface area contributed by atoms with Gasteiger partial charge in [0.1, 0.15) is 5.75 Å². The second kappa shape index (κ2) is 18.1. The van der Waals surface area contributed by atoms with Crippen LogP contribution in [0.3, 0.4) is 0 Å². The third-order valence-electron chi connectivity index (χ3n) is 12.7. The van der Waals surface area contributed by atoms with Crippen molar-refractivity contribution in [2.75, 3.05) is 35.6 Å². The molecule has 4 unspecified atom stereocenters. The molecule has 0 radical (unpaired) electrons. The lowest BCUT2D eigenvalue weighted by atomic mass is 9.62. The number of amides is 2. The predicted molar refractivity (Wildman–Crippen MR) is 210 cm³/mol. The first kappa shape index (κ1) is 37.7. The van der Waals surface area contributed by atoms with Crippen molar-refractivity contribution in [3.63, 3.8) is 0 Å². The lowest BCUT2D eigenvalue weighted by Crippen LogP contribution is -2.61. The Bertz CT molecular complexity index is 1440. The number of piperidine rings is 1. The second-order valence-electron chi connectivity index (χ2n) is 16.4. The molecular formula is C43H65N5O3. The largest absolute Gasteiger partial charge is 0.482 e. The molecule has 2 saturated carbocycles. The number of anilines is 3. The van der Waals surface area contributed by atoms with Crippen molar-refractivity contribution < 1.29 is 14.3 Å². The van der Waals surface area contributed by atoms with E-state index >= 15 is 0 Å². The molecular weight excluding hydrogens is 635 g/mol. The molecule has 2 aromatic carbocycles. The minimum absolute atomic E-state index is 0.0246. The number of carbonyl (C=O) groups excluding carboxylic acids is 2. The summed E-state index contributed by atoms with van der Waals surface area (Å²) in [4.78, 5) is 25.4. The Hall–Kier alpha value is -3.10. The summed E-state index contributed by atoms with van der Waals surface area (Å²) in [5.74, 6) is 2.19. The van der Waals surface area contributed by atoms with Crippen molar-refractivity contribution in [1.29, 1.82) is 0 Å². The first-order valence-corrected chi connectivity index (χ1v) is 20.6. The SMILES string of the molecule is CCCC(NC(Nc1cc(C(=O)Nc2ccc3c(c2)OCC(=O)N3)ccc1C)C(C)CC1CCCCCC1)C1(C2CCCCCC2)CCCNC1. The van der Waals surface area contributed by atoms with Crippen molar-refractivity contribution in [2.45, 2.75) is 142 Å². The highest BCUT2D eigenvalue weighted by molar-refractivity contribution is 6.05. The van der Waals surface area contributed by atoms with Crippen LogP contribution in [0.5, 0.6) is 5.75 Å². The van der Waals surface area contributed by atoms with E-state index in [1.807, 2.05) is 12.1 Å². The smallest absolute Gasteiger partial charge is 0.262 e. The van der Waals surface area contributed by atoms with Crippen LogP contribution in [0.25, 0.3) is 0 Å². The molecule has 6 rings (SSSR count). The summed E-state index contributed by atoms with van der Waals surface area (Å²) in [6, 6.07) is 11.8. The van der Waals surface area contributed by atoms with Crippen molar-refractivity contribution in [1.82, 2.24) is 10.6 Å². The molecule has 1 saturated heterocycles. The Labute approximate surface area is 307 Å². The predicted octanol–water partition coefficient (Wildman–Crippen LogP) is 9.41. The molecule has 2 aliphatic heterocycles. The molecule has 2 amide bonds. The molecule has 0 spiro atoms. The topological polar surface area (TPSA) is 104 Å². The molecule has 51 heavy (non-hydrogen) atoms. The molecule has 0 bridgehead atoms. The van der Waals surface area contributed by atoms with Gasteiger partial charge in [0.05, 0.1) is 11.9 Å². The van der Waals surface area contributed by atoms with Crippen molar-refractivity contribution >= 4 is 28.9 Å². The Morgan fingerprint density at radius 3 is 2.41 bits per heavy atom. The van der Waals surface area contributed by atoms with E-state index in [1.165, 1.54) is 109 Å². The molecule has 280 valence electrons. The normalized spacial score (nSPS) is 23.8. The Morgan fingerprint density at radius 1 is 0.961 bits per heavy atom. The maximum atomic E-state index is 13.7. The van der Waals surface area contributed by atoms with Gasteiger partial charge >= 0.3 is 0 Å². The number of rotatable bonds is 13. The number of fused-ring (bicyclic) bond motifs is 1. The van der Waals surface area contributed by atoms with E-state index in [0.717, 1.165) is 36.2 Å². The fraction of sp³-hybridized carbons (Fsp3) is 0.674. The van der Waals surface area contributed by atoms with Gasteiger partial charge in [-0.3, -0.25) is 14.9 Å². The Morgan fingerprint density at radius 2 is 1.71 bits per heavy atom. The van der Waals surface area contributed by atoms with E-state index < -0.39 is 0 Å². The molecule has 8 nitrogen and oxygen atoms in total. The highest BCUT2D eigenvalue weighted by Gasteiger charge is 2.46. The second-order valence-corrected chi connectivity index (χ2v) is 16.4. The van der Waals surface area contributed by atoms with E-state index in [9.17, 15) is 9.59 Å². The zero-order valence-electron chi connectivity index (χ0n) is 31.7. The third kappa shape index (κ3) is 9.67. The molecule has 2 aliphatic carbocycles. The van der Waals surface area contributed by atoms with Gasteiger partial charge in [0.2, 0.25) is 0 Å². The van der Waals surface area contributed by atoms with E-state index in [4.69, 9.17) is 4.74 Å². The van der Waals surface area contributed by atoms with Crippen LogP contribution >= 0.6 is 0 Å². The number of benzene rings is 2. The monoisotopic (exact) mass is 700 g/mol. The van der Waals surface area contributed by atoms with Gasteiger partial charge in [0.15, 0.2) is 6.61 Å². The molecule has 5 N–H and O–H groups in total. The molecule has 4 aliphatic rings. The summed E-state index contributed by atoms with van der Waals surface area (Å²) < 4.78 is 5.59. The van der Waals surface area contributed by atoms with Crippen molar-refractivity contribution in [3.8, 4) is 5.75 Å². The van der Waals surface area contributed by atoms with Crippen LogP contribution < -0.4 is 31.3 Å². The third-order valence-corrected chi connectivity index (χ3v) is 12.7. The minimum atomic E-state index is -0.175. The summed E-state index contributed by atoms with van der Waals surface area (Å²) in [6.07, 6.45) is 22.6. The first-order chi connectivity index (χ1) is 24.8. The van der Waals surface area contributed by atoms with Crippen LogP contribution in [0.4, 0.5) is 17.1 Å². The van der Waals surface area contributed by atoms with Crippen LogP contribution in [-0.4, -0.2) is 43.7 Å². The number of nitrogens with one attached hydrogen (secondary N) is 5. The fourth-order valence-electron chi connectivity index (χ4n) is 9.83. The van der Waals surface area contributed by atoms with Gasteiger partial charge in [0, 0.05) is 41.0 Å². The zero-order chi connectivity index (χ0) is 35.6. The minimum Gasteiger partial charge on any atom is -0.482 e. The molecule has 4 atom stereocenters. The van der Waals surface area contributed by atoms with Crippen molar-refractivity contribution in [3.05, 3.63) is 47.5 Å². The van der Waals surface area contributed by atoms with E-state index in [0.29, 0.717) is 34.6 Å².